The zero-order valence-corrected chi connectivity index (χ0v) is 13.5. The molecule has 4 rings (SSSR count). The molecule has 0 radical (unpaired) electrons. The molecule has 1 amide bonds. The van der Waals surface area contributed by atoms with Crippen LogP contribution >= 0.6 is 0 Å². The number of fused-ring (bicyclic) bond motifs is 1. The van der Waals surface area contributed by atoms with Gasteiger partial charge in [0.05, 0.1) is 17.6 Å². The van der Waals surface area contributed by atoms with Gasteiger partial charge in [-0.05, 0) is 37.8 Å². The highest BCUT2D eigenvalue weighted by Gasteiger charge is 2.39. The Kier molecular flexibility index (Phi) is 3.63. The molecule has 120 valence electrons. The van der Waals surface area contributed by atoms with Gasteiger partial charge in [0.15, 0.2) is 0 Å². The highest BCUT2D eigenvalue weighted by Crippen LogP contribution is 2.35. The van der Waals surface area contributed by atoms with Gasteiger partial charge in [0.25, 0.3) is 0 Å². The molecular formula is C18H22N4O. The molecule has 0 bridgehead atoms. The first-order chi connectivity index (χ1) is 11.3. The van der Waals surface area contributed by atoms with Crippen LogP contribution in [0, 0.1) is 0 Å². The number of hydrogen-bond acceptors (Lipinski definition) is 4. The standard InChI is InChI=1S/C18H22N4O/c1-13(23)21-10-4-8-16(21)17-9-5-11-22(17)18-14-6-2-3-7-15(14)19-12-20-18/h2-3,6-7,12,16-17H,4-5,8-11H2,1H3/t16-,17+/m0/s1. The maximum Gasteiger partial charge on any atom is 0.219 e. The van der Waals surface area contributed by atoms with Crippen molar-refractivity contribution in [2.45, 2.75) is 44.7 Å². The minimum Gasteiger partial charge on any atom is -0.351 e. The molecule has 1 aromatic carbocycles. The van der Waals surface area contributed by atoms with Crippen LogP contribution in [0.3, 0.4) is 0 Å². The van der Waals surface area contributed by atoms with Crippen LogP contribution in [-0.2, 0) is 4.79 Å². The van der Waals surface area contributed by atoms with Gasteiger partial charge in [0.2, 0.25) is 5.91 Å². The molecule has 23 heavy (non-hydrogen) atoms. The third kappa shape index (κ3) is 2.44. The van der Waals surface area contributed by atoms with Gasteiger partial charge >= 0.3 is 0 Å². The summed E-state index contributed by atoms with van der Waals surface area (Å²) in [6.45, 7) is 3.60. The average Bonchev–Trinajstić information content (AvgIpc) is 3.22. The van der Waals surface area contributed by atoms with Crippen molar-refractivity contribution in [1.82, 2.24) is 14.9 Å². The van der Waals surface area contributed by atoms with Gasteiger partial charge in [-0.1, -0.05) is 12.1 Å². The fourth-order valence-corrected chi connectivity index (χ4v) is 4.26. The van der Waals surface area contributed by atoms with Gasteiger partial charge in [-0.3, -0.25) is 4.79 Å². The fourth-order valence-electron chi connectivity index (χ4n) is 4.26. The third-order valence-electron chi connectivity index (χ3n) is 5.24. The Labute approximate surface area is 136 Å². The Morgan fingerprint density at radius 1 is 1.09 bits per heavy atom. The first-order valence-electron chi connectivity index (χ1n) is 8.49. The first-order valence-corrected chi connectivity index (χ1v) is 8.49. The van der Waals surface area contributed by atoms with Crippen LogP contribution in [-0.4, -0.2) is 45.9 Å². The Morgan fingerprint density at radius 2 is 1.87 bits per heavy atom. The van der Waals surface area contributed by atoms with Crippen molar-refractivity contribution in [2.75, 3.05) is 18.0 Å². The number of likely N-dealkylation sites (tertiary alicyclic amines) is 1. The summed E-state index contributed by atoms with van der Waals surface area (Å²) < 4.78 is 0. The summed E-state index contributed by atoms with van der Waals surface area (Å²) >= 11 is 0. The Hall–Kier alpha value is -2.17. The topological polar surface area (TPSA) is 49.3 Å². The molecule has 2 aromatic rings. The minimum absolute atomic E-state index is 0.201. The van der Waals surface area contributed by atoms with Gasteiger partial charge < -0.3 is 9.80 Å². The fraction of sp³-hybridized carbons (Fsp3) is 0.500. The molecule has 0 saturated carbocycles. The van der Waals surface area contributed by atoms with Crippen LogP contribution in [0.25, 0.3) is 10.9 Å². The number of benzene rings is 1. The van der Waals surface area contributed by atoms with E-state index in [-0.39, 0.29) is 5.91 Å². The van der Waals surface area contributed by atoms with Crippen molar-refractivity contribution in [2.24, 2.45) is 0 Å². The molecule has 0 N–H and O–H groups in total. The normalized spacial score (nSPS) is 24.6. The number of rotatable bonds is 2. The van der Waals surface area contributed by atoms with Crippen LogP contribution in [0.15, 0.2) is 30.6 Å². The zero-order chi connectivity index (χ0) is 15.8. The molecule has 2 aliphatic rings. The molecule has 2 fully saturated rings. The van der Waals surface area contributed by atoms with Crippen molar-refractivity contribution >= 4 is 22.6 Å². The molecule has 0 spiro atoms. The molecule has 5 heteroatoms. The summed E-state index contributed by atoms with van der Waals surface area (Å²) in [5, 5.41) is 1.11. The Balaban J connectivity index is 1.71. The minimum atomic E-state index is 0.201. The number of nitrogens with zero attached hydrogens (tertiary/aromatic N) is 4. The lowest BCUT2D eigenvalue weighted by atomic mass is 10.0. The van der Waals surface area contributed by atoms with Crippen LogP contribution in [0.1, 0.15) is 32.6 Å². The second kappa shape index (κ2) is 5.80. The number of aromatic nitrogens is 2. The number of carbonyl (C=O) groups excluding carboxylic acids is 1. The van der Waals surface area contributed by atoms with E-state index in [4.69, 9.17) is 0 Å². The number of hydrogen-bond donors (Lipinski definition) is 0. The van der Waals surface area contributed by atoms with E-state index in [0.717, 1.165) is 55.5 Å². The lowest BCUT2D eigenvalue weighted by Gasteiger charge is -2.35. The average molecular weight is 310 g/mol. The lowest BCUT2D eigenvalue weighted by Crippen LogP contribution is -2.48. The van der Waals surface area contributed by atoms with Crippen molar-refractivity contribution in [3.8, 4) is 0 Å². The van der Waals surface area contributed by atoms with Crippen molar-refractivity contribution in [1.29, 1.82) is 0 Å². The van der Waals surface area contributed by atoms with E-state index >= 15 is 0 Å². The molecule has 2 atom stereocenters. The molecule has 5 nitrogen and oxygen atoms in total. The van der Waals surface area contributed by atoms with Gasteiger partial charge in [-0.15, -0.1) is 0 Å². The number of amides is 1. The van der Waals surface area contributed by atoms with E-state index < -0.39 is 0 Å². The number of anilines is 1. The highest BCUT2D eigenvalue weighted by molar-refractivity contribution is 5.89. The Bertz CT molecular complexity index is 727. The van der Waals surface area contributed by atoms with Gasteiger partial charge in [-0.25, -0.2) is 9.97 Å². The first kappa shape index (κ1) is 14.4. The van der Waals surface area contributed by atoms with Crippen molar-refractivity contribution < 1.29 is 4.79 Å². The van der Waals surface area contributed by atoms with E-state index in [9.17, 15) is 4.79 Å². The molecule has 1 aromatic heterocycles. The van der Waals surface area contributed by atoms with E-state index in [2.05, 4.69) is 25.8 Å². The van der Waals surface area contributed by atoms with E-state index in [1.165, 1.54) is 0 Å². The molecule has 0 aliphatic carbocycles. The summed E-state index contributed by atoms with van der Waals surface area (Å²) in [6.07, 6.45) is 6.16. The SMILES string of the molecule is CC(=O)N1CCC[C@H]1[C@H]1CCCN1c1ncnc2ccccc12. The largest absolute Gasteiger partial charge is 0.351 e. The van der Waals surface area contributed by atoms with Crippen LogP contribution in [0.5, 0.6) is 0 Å². The van der Waals surface area contributed by atoms with Crippen molar-refractivity contribution in [3.05, 3.63) is 30.6 Å². The van der Waals surface area contributed by atoms with Crippen LogP contribution < -0.4 is 4.90 Å². The van der Waals surface area contributed by atoms with E-state index in [0.29, 0.717) is 12.1 Å². The summed E-state index contributed by atoms with van der Waals surface area (Å²) in [6, 6.07) is 8.87. The smallest absolute Gasteiger partial charge is 0.219 e. The van der Waals surface area contributed by atoms with Gasteiger partial charge in [0.1, 0.15) is 12.1 Å². The predicted octanol–water partition coefficient (Wildman–Crippen LogP) is 2.61. The summed E-state index contributed by atoms with van der Waals surface area (Å²) in [7, 11) is 0. The van der Waals surface area contributed by atoms with E-state index in [1.807, 2.05) is 18.2 Å². The monoisotopic (exact) mass is 310 g/mol. The summed E-state index contributed by atoms with van der Waals surface area (Å²) in [4.78, 5) is 25.4. The Morgan fingerprint density at radius 3 is 2.74 bits per heavy atom. The molecule has 2 aliphatic heterocycles. The van der Waals surface area contributed by atoms with E-state index in [1.54, 1.807) is 13.3 Å². The molecule has 2 saturated heterocycles. The van der Waals surface area contributed by atoms with Crippen molar-refractivity contribution in [3.63, 3.8) is 0 Å². The number of para-hydroxylation sites is 1. The second-order valence-corrected chi connectivity index (χ2v) is 6.54. The maximum atomic E-state index is 12.0. The molecule has 3 heterocycles. The third-order valence-corrected chi connectivity index (χ3v) is 5.24. The second-order valence-electron chi connectivity index (χ2n) is 6.54. The predicted molar refractivity (Wildman–Crippen MR) is 90.3 cm³/mol. The molecule has 0 unspecified atom stereocenters. The lowest BCUT2D eigenvalue weighted by molar-refractivity contribution is -0.129. The van der Waals surface area contributed by atoms with Crippen LogP contribution in [0.4, 0.5) is 5.82 Å². The zero-order valence-electron chi connectivity index (χ0n) is 13.5. The van der Waals surface area contributed by atoms with Gasteiger partial charge in [-0.2, -0.15) is 0 Å². The summed E-state index contributed by atoms with van der Waals surface area (Å²) in [5.74, 6) is 1.22. The maximum absolute atomic E-state index is 12.0. The van der Waals surface area contributed by atoms with Gasteiger partial charge in [0, 0.05) is 25.4 Å². The number of carbonyl (C=O) groups is 1. The quantitative estimate of drug-likeness (QED) is 0.855. The van der Waals surface area contributed by atoms with Crippen LogP contribution in [0.2, 0.25) is 0 Å². The molecular weight excluding hydrogens is 288 g/mol. The summed E-state index contributed by atoms with van der Waals surface area (Å²) in [5.41, 5.74) is 0.984. The highest BCUT2D eigenvalue weighted by atomic mass is 16.2.